The Morgan fingerprint density at radius 3 is 2.86 bits per heavy atom. The maximum Gasteiger partial charge on any atom is 0.290 e. The molecule has 8 heteroatoms. The Kier molecular flexibility index (Phi) is 3.56. The molecule has 0 aliphatic heterocycles. The van der Waals surface area contributed by atoms with Gasteiger partial charge in [-0.15, -0.1) is 10.2 Å². The molecule has 0 aliphatic carbocycles. The summed E-state index contributed by atoms with van der Waals surface area (Å²) in [7, 11) is 0. The zero-order valence-corrected chi connectivity index (χ0v) is 12.2. The van der Waals surface area contributed by atoms with E-state index in [1.807, 2.05) is 31.3 Å². The van der Waals surface area contributed by atoms with E-state index in [1.165, 1.54) is 12.1 Å². The van der Waals surface area contributed by atoms with Crippen LogP contribution in [0.3, 0.4) is 0 Å². The molecule has 7 nitrogen and oxygen atoms in total. The first-order valence-electron chi connectivity index (χ1n) is 6.35. The van der Waals surface area contributed by atoms with Crippen molar-refractivity contribution in [2.75, 3.05) is 0 Å². The molecule has 0 saturated carbocycles. The second-order valence-electron chi connectivity index (χ2n) is 4.54. The van der Waals surface area contributed by atoms with Crippen molar-refractivity contribution >= 4 is 34.4 Å². The molecule has 0 aliphatic rings. The first-order chi connectivity index (χ1) is 10.6. The third kappa shape index (κ3) is 2.53. The predicted octanol–water partition coefficient (Wildman–Crippen LogP) is 4.62. The fraction of sp³-hybridized carbons (Fsp3) is 0.0714. The van der Waals surface area contributed by atoms with Crippen LogP contribution in [0.5, 0.6) is 0 Å². The fourth-order valence-corrected chi connectivity index (χ4v) is 2.22. The van der Waals surface area contributed by atoms with E-state index >= 15 is 0 Å². The van der Waals surface area contributed by atoms with Crippen LogP contribution >= 0.6 is 11.6 Å². The Hall–Kier alpha value is -2.80. The number of halogens is 1. The molecule has 1 aromatic carbocycles. The lowest BCUT2D eigenvalue weighted by molar-refractivity contribution is -0.384. The second kappa shape index (κ2) is 5.53. The van der Waals surface area contributed by atoms with Gasteiger partial charge < -0.3 is 0 Å². The van der Waals surface area contributed by atoms with Crippen LogP contribution in [0.4, 0.5) is 17.2 Å². The van der Waals surface area contributed by atoms with Crippen molar-refractivity contribution in [3.8, 4) is 0 Å². The largest absolute Gasteiger partial charge is 0.290 e. The number of imidazole rings is 1. The van der Waals surface area contributed by atoms with Crippen LogP contribution in [0.15, 0.2) is 52.8 Å². The SMILES string of the molecule is Cc1nc2ccccn2c1N=Nc1ccc(Cl)c([N+](=O)[O-])c1. The molecular weight excluding hydrogens is 306 g/mol. The zero-order valence-electron chi connectivity index (χ0n) is 11.5. The number of nitro benzene ring substituents is 1. The van der Waals surface area contributed by atoms with E-state index in [1.54, 1.807) is 10.5 Å². The molecule has 0 saturated heterocycles. The summed E-state index contributed by atoms with van der Waals surface area (Å²) in [5.41, 5.74) is 1.63. The summed E-state index contributed by atoms with van der Waals surface area (Å²) >= 11 is 5.77. The van der Waals surface area contributed by atoms with Gasteiger partial charge in [0, 0.05) is 12.3 Å². The predicted molar refractivity (Wildman–Crippen MR) is 82.2 cm³/mol. The fourth-order valence-electron chi connectivity index (χ4n) is 2.03. The molecule has 0 bridgehead atoms. The monoisotopic (exact) mass is 315 g/mol. The van der Waals surface area contributed by atoms with E-state index < -0.39 is 4.92 Å². The number of aryl methyl sites for hydroxylation is 1. The third-order valence-corrected chi connectivity index (χ3v) is 3.38. The number of aromatic nitrogens is 2. The highest BCUT2D eigenvalue weighted by Gasteiger charge is 2.13. The van der Waals surface area contributed by atoms with Crippen molar-refractivity contribution in [3.05, 3.63) is 63.4 Å². The molecule has 3 rings (SSSR count). The lowest BCUT2D eigenvalue weighted by atomic mass is 10.3. The van der Waals surface area contributed by atoms with E-state index in [9.17, 15) is 10.1 Å². The third-order valence-electron chi connectivity index (χ3n) is 3.06. The van der Waals surface area contributed by atoms with Gasteiger partial charge in [-0.1, -0.05) is 17.7 Å². The van der Waals surface area contributed by atoms with Crippen LogP contribution in [0.25, 0.3) is 5.65 Å². The number of hydrogen-bond donors (Lipinski definition) is 0. The Balaban J connectivity index is 2.01. The minimum Gasteiger partial charge on any atom is -0.283 e. The lowest BCUT2D eigenvalue weighted by Gasteiger charge is -1.97. The molecule has 0 N–H and O–H groups in total. The van der Waals surface area contributed by atoms with Gasteiger partial charge in [-0.3, -0.25) is 14.5 Å². The molecule has 0 unspecified atom stereocenters. The first-order valence-corrected chi connectivity index (χ1v) is 6.73. The van der Waals surface area contributed by atoms with Gasteiger partial charge in [0.15, 0.2) is 5.82 Å². The smallest absolute Gasteiger partial charge is 0.283 e. The lowest BCUT2D eigenvalue weighted by Crippen LogP contribution is -1.88. The van der Waals surface area contributed by atoms with Gasteiger partial charge in [-0.2, -0.15) is 0 Å². The molecule has 0 atom stereocenters. The molecule has 110 valence electrons. The van der Waals surface area contributed by atoms with Crippen molar-refractivity contribution in [2.24, 2.45) is 10.2 Å². The van der Waals surface area contributed by atoms with Crippen LogP contribution in [-0.2, 0) is 0 Å². The summed E-state index contributed by atoms with van der Waals surface area (Å²) in [6, 6.07) is 9.88. The van der Waals surface area contributed by atoms with Crippen LogP contribution in [0, 0.1) is 17.0 Å². The topological polar surface area (TPSA) is 85.2 Å². The van der Waals surface area contributed by atoms with Crippen LogP contribution < -0.4 is 0 Å². The Morgan fingerprint density at radius 2 is 2.09 bits per heavy atom. The minimum absolute atomic E-state index is 0.0648. The maximum atomic E-state index is 10.9. The van der Waals surface area contributed by atoms with Crippen molar-refractivity contribution in [1.82, 2.24) is 9.38 Å². The molecule has 2 aromatic heterocycles. The van der Waals surface area contributed by atoms with Gasteiger partial charge in [0.2, 0.25) is 0 Å². The number of nitro groups is 1. The number of fused-ring (bicyclic) bond motifs is 1. The summed E-state index contributed by atoms with van der Waals surface area (Å²) in [5.74, 6) is 0.577. The average molecular weight is 316 g/mol. The van der Waals surface area contributed by atoms with E-state index in [0.717, 1.165) is 11.3 Å². The molecule has 2 heterocycles. The summed E-state index contributed by atoms with van der Waals surface area (Å²) in [5, 5.41) is 19.1. The second-order valence-corrected chi connectivity index (χ2v) is 4.95. The first kappa shape index (κ1) is 14.2. The number of rotatable bonds is 3. The van der Waals surface area contributed by atoms with Gasteiger partial charge in [0.25, 0.3) is 5.69 Å². The highest BCUT2D eigenvalue weighted by atomic mass is 35.5. The van der Waals surface area contributed by atoms with E-state index in [2.05, 4.69) is 15.2 Å². The Morgan fingerprint density at radius 1 is 1.27 bits per heavy atom. The van der Waals surface area contributed by atoms with Crippen LogP contribution in [0.2, 0.25) is 5.02 Å². The van der Waals surface area contributed by atoms with Crippen molar-refractivity contribution < 1.29 is 4.92 Å². The maximum absolute atomic E-state index is 10.9. The number of pyridine rings is 1. The van der Waals surface area contributed by atoms with E-state index in [4.69, 9.17) is 11.6 Å². The molecule has 3 aromatic rings. The molecule has 0 spiro atoms. The standard InChI is InChI=1S/C14H10ClN5O2/c1-9-14(19-7-3-2-4-13(19)16-9)18-17-10-5-6-11(15)12(8-10)20(21)22/h2-8H,1H3. The van der Waals surface area contributed by atoms with Gasteiger partial charge in [-0.25, -0.2) is 4.98 Å². The van der Waals surface area contributed by atoms with Gasteiger partial charge >= 0.3 is 0 Å². The average Bonchev–Trinajstić information content (AvgIpc) is 2.81. The summed E-state index contributed by atoms with van der Waals surface area (Å²) < 4.78 is 1.79. The number of hydrogen-bond acceptors (Lipinski definition) is 5. The van der Waals surface area contributed by atoms with Gasteiger partial charge in [0.1, 0.15) is 10.7 Å². The number of benzene rings is 1. The number of nitrogens with zero attached hydrogens (tertiary/aromatic N) is 5. The van der Waals surface area contributed by atoms with Crippen molar-refractivity contribution in [2.45, 2.75) is 6.92 Å². The van der Waals surface area contributed by atoms with E-state index in [-0.39, 0.29) is 10.7 Å². The Labute approximate surface area is 130 Å². The summed E-state index contributed by atoms with van der Waals surface area (Å²) in [6.07, 6.45) is 1.83. The number of azo groups is 1. The van der Waals surface area contributed by atoms with Crippen molar-refractivity contribution in [1.29, 1.82) is 0 Å². The molecular formula is C14H10ClN5O2. The normalized spacial score (nSPS) is 11.4. The van der Waals surface area contributed by atoms with Gasteiger partial charge in [-0.05, 0) is 31.2 Å². The highest BCUT2D eigenvalue weighted by Crippen LogP contribution is 2.30. The quantitative estimate of drug-likeness (QED) is 0.401. The summed E-state index contributed by atoms with van der Waals surface area (Å²) in [4.78, 5) is 14.7. The van der Waals surface area contributed by atoms with Gasteiger partial charge in [0.05, 0.1) is 16.3 Å². The molecule has 22 heavy (non-hydrogen) atoms. The minimum atomic E-state index is -0.555. The molecule has 0 radical (unpaired) electrons. The zero-order chi connectivity index (χ0) is 15.7. The van der Waals surface area contributed by atoms with E-state index in [0.29, 0.717) is 11.5 Å². The van der Waals surface area contributed by atoms with Crippen LogP contribution in [-0.4, -0.2) is 14.3 Å². The Bertz CT molecular complexity index is 903. The highest BCUT2D eigenvalue weighted by molar-refractivity contribution is 6.32. The van der Waals surface area contributed by atoms with Crippen LogP contribution in [0.1, 0.15) is 5.69 Å². The van der Waals surface area contributed by atoms with Crippen molar-refractivity contribution in [3.63, 3.8) is 0 Å². The molecule has 0 amide bonds. The molecule has 0 fully saturated rings. The summed E-state index contributed by atoms with van der Waals surface area (Å²) in [6.45, 7) is 1.83.